The van der Waals surface area contributed by atoms with Crippen molar-refractivity contribution in [1.82, 2.24) is 5.01 Å². The molecule has 1 heterocycles. The Labute approximate surface area is 194 Å². The predicted octanol–water partition coefficient (Wildman–Crippen LogP) is 4.02. The third-order valence-electron chi connectivity index (χ3n) is 6.25. The third kappa shape index (κ3) is 3.54. The number of amides is 2. The number of hydrogen-bond donors (Lipinski definition) is 0. The highest BCUT2D eigenvalue weighted by Crippen LogP contribution is 2.52. The van der Waals surface area contributed by atoms with Crippen LogP contribution in [0, 0.1) is 27.2 Å². The van der Waals surface area contributed by atoms with E-state index >= 15 is 0 Å². The maximum atomic E-state index is 12.8. The molecule has 4 atom stereocenters. The van der Waals surface area contributed by atoms with Crippen LogP contribution in [0.5, 0.6) is 11.5 Å². The Morgan fingerprint density at radius 3 is 2.42 bits per heavy atom. The average Bonchev–Trinajstić information content (AvgIpc) is 3.46. The van der Waals surface area contributed by atoms with Gasteiger partial charge in [0.25, 0.3) is 11.8 Å². The van der Waals surface area contributed by atoms with E-state index in [-0.39, 0.29) is 35.5 Å². The van der Waals surface area contributed by atoms with E-state index in [9.17, 15) is 9.59 Å². The standard InChI is InChI=1S/C24H21IN2O4/c1-30-19-10-15(9-18(25)22(19)31-13-14-5-3-2-4-6-14)12-26-27-23(28)20-16-7-8-17(11-16)21(20)24(27)29/h2-10,12,16-17,20-21H,11,13H2,1H3/t16-,17-,20-,21+/m0/s1. The number of rotatable bonds is 6. The summed E-state index contributed by atoms with van der Waals surface area (Å²) < 4.78 is 12.4. The molecular formula is C24H21IN2O4. The van der Waals surface area contributed by atoms with Gasteiger partial charge in [0.2, 0.25) is 0 Å². The molecular weight excluding hydrogens is 507 g/mol. The monoisotopic (exact) mass is 528 g/mol. The number of carbonyl (C=O) groups excluding carboxylic acids is 2. The van der Waals surface area contributed by atoms with E-state index in [1.165, 1.54) is 6.21 Å². The van der Waals surface area contributed by atoms with Crippen LogP contribution in [-0.4, -0.2) is 30.1 Å². The van der Waals surface area contributed by atoms with Crippen molar-refractivity contribution in [2.75, 3.05) is 7.11 Å². The van der Waals surface area contributed by atoms with E-state index in [0.29, 0.717) is 18.1 Å². The number of ether oxygens (including phenoxy) is 2. The molecule has 0 spiro atoms. The summed E-state index contributed by atoms with van der Waals surface area (Å²) in [5, 5.41) is 5.31. The van der Waals surface area contributed by atoms with E-state index in [2.05, 4.69) is 39.8 Å². The van der Waals surface area contributed by atoms with Gasteiger partial charge >= 0.3 is 0 Å². The molecule has 2 aromatic carbocycles. The van der Waals surface area contributed by atoms with Gasteiger partial charge in [-0.25, -0.2) is 0 Å². The first kappa shape index (κ1) is 20.2. The normalized spacial score (nSPS) is 26.2. The van der Waals surface area contributed by atoms with Gasteiger partial charge in [-0.2, -0.15) is 10.1 Å². The van der Waals surface area contributed by atoms with Crippen LogP contribution in [-0.2, 0) is 16.2 Å². The van der Waals surface area contributed by atoms with Crippen LogP contribution >= 0.6 is 22.6 Å². The minimum Gasteiger partial charge on any atom is -0.493 e. The first-order valence-corrected chi connectivity index (χ1v) is 11.3. The van der Waals surface area contributed by atoms with Gasteiger partial charge in [0.1, 0.15) is 6.61 Å². The van der Waals surface area contributed by atoms with E-state index in [1.807, 2.05) is 36.4 Å². The molecule has 7 heteroatoms. The lowest BCUT2D eigenvalue weighted by atomic mass is 9.85. The number of halogens is 1. The van der Waals surface area contributed by atoms with E-state index < -0.39 is 0 Å². The molecule has 5 rings (SSSR count). The minimum absolute atomic E-state index is 0.175. The van der Waals surface area contributed by atoms with Gasteiger partial charge < -0.3 is 9.47 Å². The molecule has 2 aliphatic carbocycles. The second kappa shape index (κ2) is 8.11. The lowest BCUT2D eigenvalue weighted by Gasteiger charge is -2.14. The lowest BCUT2D eigenvalue weighted by molar-refractivity contribution is -0.140. The smallest absolute Gasteiger partial charge is 0.254 e. The van der Waals surface area contributed by atoms with Crippen LogP contribution in [0.3, 0.4) is 0 Å². The molecule has 158 valence electrons. The van der Waals surface area contributed by atoms with Crippen LogP contribution in [0.4, 0.5) is 0 Å². The zero-order valence-corrected chi connectivity index (χ0v) is 19.1. The second-order valence-corrected chi connectivity index (χ2v) is 9.20. The first-order valence-electron chi connectivity index (χ1n) is 10.2. The van der Waals surface area contributed by atoms with Gasteiger partial charge in [-0.05, 0) is 64.1 Å². The number of nitrogens with zero attached hydrogens (tertiary/aromatic N) is 2. The number of allylic oxidation sites excluding steroid dienone is 2. The van der Waals surface area contributed by atoms with E-state index in [1.54, 1.807) is 13.2 Å². The van der Waals surface area contributed by atoms with Crippen molar-refractivity contribution >= 4 is 40.6 Å². The van der Waals surface area contributed by atoms with E-state index in [0.717, 1.165) is 26.1 Å². The molecule has 0 radical (unpaired) electrons. The summed E-state index contributed by atoms with van der Waals surface area (Å²) in [6.07, 6.45) is 6.60. The van der Waals surface area contributed by atoms with Crippen LogP contribution < -0.4 is 9.47 Å². The molecule has 3 aliphatic rings. The number of hydrazone groups is 1. The fourth-order valence-electron chi connectivity index (χ4n) is 4.81. The highest BCUT2D eigenvalue weighted by molar-refractivity contribution is 14.1. The molecule has 2 aromatic rings. The maximum absolute atomic E-state index is 12.8. The molecule has 0 unspecified atom stereocenters. The zero-order chi connectivity index (χ0) is 21.5. The van der Waals surface area contributed by atoms with Gasteiger partial charge in [-0.3, -0.25) is 9.59 Å². The second-order valence-electron chi connectivity index (χ2n) is 8.04. The Kier molecular flexibility index (Phi) is 5.29. The average molecular weight is 528 g/mol. The van der Waals surface area contributed by atoms with Crippen molar-refractivity contribution < 1.29 is 19.1 Å². The number of methoxy groups -OCH3 is 1. The fraction of sp³-hybridized carbons (Fsp3) is 0.292. The van der Waals surface area contributed by atoms with Gasteiger partial charge in [-0.15, -0.1) is 0 Å². The Morgan fingerprint density at radius 1 is 1.10 bits per heavy atom. The number of imide groups is 1. The largest absolute Gasteiger partial charge is 0.493 e. The van der Waals surface area contributed by atoms with Crippen LogP contribution in [0.1, 0.15) is 17.5 Å². The van der Waals surface area contributed by atoms with Gasteiger partial charge in [0, 0.05) is 0 Å². The third-order valence-corrected chi connectivity index (χ3v) is 7.05. The van der Waals surface area contributed by atoms with Crippen molar-refractivity contribution in [1.29, 1.82) is 0 Å². The maximum Gasteiger partial charge on any atom is 0.254 e. The number of benzene rings is 2. The van der Waals surface area contributed by atoms with Gasteiger partial charge in [0.15, 0.2) is 11.5 Å². The summed E-state index contributed by atoms with van der Waals surface area (Å²) in [4.78, 5) is 25.6. The molecule has 2 fully saturated rings. The van der Waals surface area contributed by atoms with Crippen LogP contribution in [0.2, 0.25) is 0 Å². The highest BCUT2D eigenvalue weighted by Gasteiger charge is 2.59. The van der Waals surface area contributed by atoms with Crippen molar-refractivity contribution in [3.05, 3.63) is 69.3 Å². The Balaban J connectivity index is 1.34. The van der Waals surface area contributed by atoms with Crippen LogP contribution in [0.25, 0.3) is 0 Å². The van der Waals surface area contributed by atoms with Gasteiger partial charge in [-0.1, -0.05) is 42.5 Å². The van der Waals surface area contributed by atoms with Gasteiger partial charge in [0.05, 0.1) is 28.7 Å². The Hall–Kier alpha value is -2.68. The SMILES string of the molecule is COc1cc(C=NN2C(=O)[C@@H]3[C@H](C2=O)[C@H]2C=C[C@H]3C2)cc(I)c1OCc1ccccc1. The summed E-state index contributed by atoms with van der Waals surface area (Å²) in [5.41, 5.74) is 1.79. The molecule has 31 heavy (non-hydrogen) atoms. The molecule has 1 saturated carbocycles. The molecule has 1 aliphatic heterocycles. The quantitative estimate of drug-likeness (QED) is 0.246. The van der Waals surface area contributed by atoms with Crippen molar-refractivity contribution in [2.24, 2.45) is 28.8 Å². The Morgan fingerprint density at radius 2 is 1.77 bits per heavy atom. The summed E-state index contributed by atoms with van der Waals surface area (Å²) in [6, 6.07) is 13.6. The zero-order valence-electron chi connectivity index (χ0n) is 16.9. The number of hydrogen-bond acceptors (Lipinski definition) is 5. The number of fused-ring (bicyclic) bond motifs is 5. The summed E-state index contributed by atoms with van der Waals surface area (Å²) in [5.74, 6) is 0.700. The fourth-order valence-corrected chi connectivity index (χ4v) is 5.59. The van der Waals surface area contributed by atoms with Crippen molar-refractivity contribution in [3.8, 4) is 11.5 Å². The van der Waals surface area contributed by atoms with Crippen LogP contribution in [0.15, 0.2) is 59.7 Å². The minimum atomic E-state index is -0.247. The molecule has 2 amide bonds. The molecule has 1 saturated heterocycles. The van der Waals surface area contributed by atoms with E-state index in [4.69, 9.17) is 9.47 Å². The lowest BCUT2D eigenvalue weighted by Crippen LogP contribution is -2.28. The molecule has 2 bridgehead atoms. The number of carbonyl (C=O) groups is 2. The predicted molar refractivity (Wildman–Crippen MR) is 124 cm³/mol. The topological polar surface area (TPSA) is 68.2 Å². The highest BCUT2D eigenvalue weighted by atomic mass is 127. The van der Waals surface area contributed by atoms with Crippen molar-refractivity contribution in [3.63, 3.8) is 0 Å². The molecule has 6 nitrogen and oxygen atoms in total. The van der Waals surface area contributed by atoms with Crippen molar-refractivity contribution in [2.45, 2.75) is 13.0 Å². The summed E-state index contributed by atoms with van der Waals surface area (Å²) in [6.45, 7) is 0.427. The molecule has 0 aromatic heterocycles. The summed E-state index contributed by atoms with van der Waals surface area (Å²) in [7, 11) is 1.58. The first-order chi connectivity index (χ1) is 15.1. The molecule has 0 N–H and O–H groups in total. The Bertz CT molecular complexity index is 1070. The summed E-state index contributed by atoms with van der Waals surface area (Å²) >= 11 is 2.19.